The van der Waals surface area contributed by atoms with Gasteiger partial charge in [0.25, 0.3) is 0 Å². The van der Waals surface area contributed by atoms with Crippen molar-refractivity contribution in [2.75, 3.05) is 72.4 Å². The Morgan fingerprint density at radius 2 is 1.46 bits per heavy atom. The third-order valence-corrected chi connectivity index (χ3v) is 18.3. The van der Waals surface area contributed by atoms with Crippen molar-refractivity contribution in [3.05, 3.63) is 36.0 Å². The van der Waals surface area contributed by atoms with E-state index in [4.69, 9.17) is 23.7 Å². The summed E-state index contributed by atoms with van der Waals surface area (Å²) in [5, 5.41) is 2.90. The predicted molar refractivity (Wildman–Crippen MR) is 297 cm³/mol. The minimum absolute atomic E-state index is 0.0520. The lowest BCUT2D eigenvalue weighted by atomic mass is 9.47. The second-order valence-corrected chi connectivity index (χ2v) is 24.2. The van der Waals surface area contributed by atoms with Crippen molar-refractivity contribution in [3.63, 3.8) is 0 Å². The zero-order valence-electron chi connectivity index (χ0n) is 47.4. The largest absolute Gasteiger partial charge is 0.462 e. The van der Waals surface area contributed by atoms with Gasteiger partial charge < -0.3 is 33.9 Å². The van der Waals surface area contributed by atoms with Gasteiger partial charge in [0.05, 0.1) is 52.2 Å². The first-order valence-corrected chi connectivity index (χ1v) is 30.6. The Labute approximate surface area is 441 Å². The molecule has 9 nitrogen and oxygen atoms in total. The lowest BCUT2D eigenvalue weighted by Gasteiger charge is -2.58. The number of amides is 1. The van der Waals surface area contributed by atoms with Gasteiger partial charge in [-0.15, -0.1) is 0 Å². The van der Waals surface area contributed by atoms with Gasteiger partial charge in [-0.1, -0.05) is 142 Å². The fraction of sp³-hybridized carbons (Fsp3) is 0.873. The fourth-order valence-electron chi connectivity index (χ4n) is 14.2. The Hall–Kier alpha value is -2.04. The summed E-state index contributed by atoms with van der Waals surface area (Å²) in [6.45, 7) is 22.2. The molecule has 414 valence electrons. The lowest BCUT2D eigenvalue weighted by Crippen LogP contribution is -2.51. The second-order valence-electron chi connectivity index (χ2n) is 24.2. The van der Waals surface area contributed by atoms with E-state index in [0.29, 0.717) is 51.6 Å². The van der Waals surface area contributed by atoms with Crippen LogP contribution in [0.3, 0.4) is 0 Å². The summed E-state index contributed by atoms with van der Waals surface area (Å²) < 4.78 is 30.0. The van der Waals surface area contributed by atoms with Crippen molar-refractivity contribution in [3.8, 4) is 0 Å². The Morgan fingerprint density at radius 1 is 0.736 bits per heavy atom. The maximum atomic E-state index is 13.0. The van der Waals surface area contributed by atoms with Gasteiger partial charge in [-0.2, -0.15) is 0 Å². The first kappa shape index (κ1) is 60.8. The summed E-state index contributed by atoms with van der Waals surface area (Å²) >= 11 is 0. The molecule has 0 radical (unpaired) electrons. The third-order valence-electron chi connectivity index (χ3n) is 18.3. The molecule has 1 aliphatic heterocycles. The van der Waals surface area contributed by atoms with Crippen molar-refractivity contribution in [1.29, 1.82) is 0 Å². The zero-order chi connectivity index (χ0) is 51.3. The highest BCUT2D eigenvalue weighted by molar-refractivity contribution is 5.81. The number of carbonyl (C=O) groups is 2. The van der Waals surface area contributed by atoms with E-state index in [1.54, 1.807) is 0 Å². The zero-order valence-corrected chi connectivity index (χ0v) is 47.4. The molecule has 0 aromatic carbocycles. The molecule has 72 heavy (non-hydrogen) atoms. The molecule has 0 aromatic heterocycles. The lowest BCUT2D eigenvalue weighted by molar-refractivity contribution is -0.152. The molecular weight excluding hydrogens is 897 g/mol. The summed E-state index contributed by atoms with van der Waals surface area (Å²) in [5.74, 6) is 4.51. The average molecular weight is 1010 g/mol. The number of allylic oxidation sites excluding steroid dienone is 5. The number of fused-ring (bicyclic) bond motifs is 5. The molecule has 0 aromatic rings. The van der Waals surface area contributed by atoms with Gasteiger partial charge in [0.1, 0.15) is 6.10 Å². The maximum Gasteiger partial charge on any atom is 0.306 e. The molecule has 5 rings (SSSR count). The number of unbranched alkanes of at least 4 members (excludes halogenated alkanes) is 9. The summed E-state index contributed by atoms with van der Waals surface area (Å²) in [5.41, 5.74) is 2.26. The fourth-order valence-corrected chi connectivity index (χ4v) is 14.2. The summed E-state index contributed by atoms with van der Waals surface area (Å²) in [4.78, 5) is 28.1. The highest BCUT2D eigenvalue weighted by Crippen LogP contribution is 2.67. The van der Waals surface area contributed by atoms with Gasteiger partial charge in [-0.05, 0) is 156 Å². The molecule has 4 fully saturated rings. The van der Waals surface area contributed by atoms with E-state index in [1.165, 1.54) is 140 Å². The minimum Gasteiger partial charge on any atom is -0.462 e. The minimum atomic E-state index is -0.258. The van der Waals surface area contributed by atoms with Crippen LogP contribution >= 0.6 is 0 Å². The van der Waals surface area contributed by atoms with Crippen LogP contribution in [0.4, 0.5) is 0 Å². The molecule has 1 heterocycles. The smallest absolute Gasteiger partial charge is 0.306 e. The number of hydrogen-bond acceptors (Lipinski definition) is 8. The monoisotopic (exact) mass is 1010 g/mol. The molecule has 1 unspecified atom stereocenters. The molecule has 0 bridgehead atoms. The molecule has 5 aliphatic rings. The van der Waals surface area contributed by atoms with E-state index < -0.39 is 0 Å². The third kappa shape index (κ3) is 21.2. The highest BCUT2D eigenvalue weighted by atomic mass is 16.6. The van der Waals surface area contributed by atoms with Crippen LogP contribution in [0.5, 0.6) is 0 Å². The topological polar surface area (TPSA) is 95.6 Å². The van der Waals surface area contributed by atoms with Crippen LogP contribution in [-0.2, 0) is 33.3 Å². The Morgan fingerprint density at radius 3 is 2.22 bits per heavy atom. The number of piperidine rings is 1. The first-order valence-electron chi connectivity index (χ1n) is 30.6. The number of rotatable bonds is 38. The van der Waals surface area contributed by atoms with Crippen molar-refractivity contribution >= 4 is 11.9 Å². The van der Waals surface area contributed by atoms with E-state index in [-0.39, 0.29) is 42.3 Å². The van der Waals surface area contributed by atoms with Crippen molar-refractivity contribution in [2.45, 2.75) is 234 Å². The number of likely N-dealkylation sites (tertiary alicyclic amines) is 1. The number of nitrogens with zero attached hydrogens (tertiary/aromatic N) is 1. The van der Waals surface area contributed by atoms with Crippen LogP contribution in [0, 0.1) is 46.3 Å². The van der Waals surface area contributed by atoms with Gasteiger partial charge in [0.15, 0.2) is 0 Å². The highest BCUT2D eigenvalue weighted by Gasteiger charge is 2.59. The molecule has 9 heteroatoms. The Bertz CT molecular complexity index is 1570. The molecule has 1 saturated heterocycles. The van der Waals surface area contributed by atoms with Gasteiger partial charge in [0, 0.05) is 32.5 Å². The van der Waals surface area contributed by atoms with Crippen LogP contribution in [0.15, 0.2) is 36.0 Å². The number of esters is 1. The SMILES string of the molecule is CCCCC/C=C\C/C=C\CCCCCCCCOCC(CN1CCCCC1)OCCOCCOCCNC(=O)CCC(=O)O[C@H]1CC[C@@]2(C)C(=CC[C@H]3[C@@H]4CC[C@H]([C@H](C)CCCC(C)C)[C@@]4(C)CC[C@@H]32)C1. The molecular formula is C63H110N2O7. The predicted octanol–water partition coefficient (Wildman–Crippen LogP) is 14.6. The normalized spacial score (nSPS) is 27.4. The van der Waals surface area contributed by atoms with Gasteiger partial charge >= 0.3 is 5.97 Å². The van der Waals surface area contributed by atoms with Crippen LogP contribution in [0.1, 0.15) is 221 Å². The first-order chi connectivity index (χ1) is 35.0. The number of nitrogens with one attached hydrogen (secondary N) is 1. The van der Waals surface area contributed by atoms with Crippen LogP contribution in [0.2, 0.25) is 0 Å². The molecule has 0 spiro atoms. The van der Waals surface area contributed by atoms with Gasteiger partial charge in [0.2, 0.25) is 5.91 Å². The number of ether oxygens (including phenoxy) is 5. The van der Waals surface area contributed by atoms with Crippen molar-refractivity contribution < 1.29 is 33.3 Å². The van der Waals surface area contributed by atoms with Gasteiger partial charge in [-0.25, -0.2) is 0 Å². The molecule has 9 atom stereocenters. The number of hydrogen-bond donors (Lipinski definition) is 1. The van der Waals surface area contributed by atoms with Crippen molar-refractivity contribution in [2.24, 2.45) is 46.3 Å². The molecule has 1 amide bonds. The van der Waals surface area contributed by atoms with E-state index in [1.807, 2.05) is 0 Å². The van der Waals surface area contributed by atoms with Gasteiger partial charge in [-0.3, -0.25) is 9.59 Å². The number of carbonyl (C=O) groups excluding carboxylic acids is 2. The van der Waals surface area contributed by atoms with E-state index in [9.17, 15) is 9.59 Å². The summed E-state index contributed by atoms with van der Waals surface area (Å²) in [7, 11) is 0. The second kappa shape index (κ2) is 34.6. The molecule has 1 N–H and O–H groups in total. The Balaban J connectivity index is 0.850. The van der Waals surface area contributed by atoms with E-state index in [0.717, 1.165) is 93.9 Å². The molecule has 3 saturated carbocycles. The molecule has 4 aliphatic carbocycles. The van der Waals surface area contributed by atoms with Crippen LogP contribution in [0.25, 0.3) is 0 Å². The Kier molecular flexibility index (Phi) is 29.2. The summed E-state index contributed by atoms with van der Waals surface area (Å²) in [6, 6.07) is 0. The summed E-state index contributed by atoms with van der Waals surface area (Å²) in [6.07, 6.45) is 44.8. The van der Waals surface area contributed by atoms with Crippen LogP contribution in [-0.4, -0.2) is 101 Å². The van der Waals surface area contributed by atoms with Crippen molar-refractivity contribution in [1.82, 2.24) is 10.2 Å². The average Bonchev–Trinajstić information content (AvgIpc) is 3.73. The van der Waals surface area contributed by atoms with Crippen LogP contribution < -0.4 is 5.32 Å². The maximum absolute atomic E-state index is 13.0. The standard InChI is InChI=1S/C63H110N2O7/c1-7-8-9-10-11-12-13-14-15-16-17-18-19-20-21-25-42-70-50-55(49-65-40-23-22-24-41-65)71-47-46-69-45-44-68-43-39-64-60(66)33-34-61(67)72-54-35-37-62(5)53(48-54)29-30-56-58-32-31-57(52(4)28-26-27-51(2)3)63(58,6)38-36-59(56)62/h11-12,14-15,29,51-52,54-59H,7-10,13,16-28,30-50H2,1-6H3,(H,64,66)/b12-11-,15-14-/t52-,54+,55?,56+,57-,58+,59+,62+,63-/m1/s1. The van der Waals surface area contributed by atoms with E-state index in [2.05, 4.69) is 82.1 Å². The quantitative estimate of drug-likeness (QED) is 0.0371. The van der Waals surface area contributed by atoms with E-state index >= 15 is 0 Å².